The number of carbonyl (C=O) groups excluding carboxylic acids is 4. The van der Waals surface area contributed by atoms with Gasteiger partial charge in [-0.15, -0.1) is 0 Å². The fraction of sp³-hybridized carbons (Fsp3) is 0.650. The molecule has 4 amide bonds. The maximum absolute atomic E-state index is 12.8. The average molecular weight is 552 g/mol. The van der Waals surface area contributed by atoms with Crippen molar-refractivity contribution < 1.29 is 54.0 Å². The first-order valence-electron chi connectivity index (χ1n) is 11.0. The van der Waals surface area contributed by atoms with Crippen LogP contribution in [0.5, 0.6) is 0 Å². The Bertz CT molecular complexity index is 870. The molecule has 10 N–H and O–H groups in total. The van der Waals surface area contributed by atoms with Crippen LogP contribution in [0.3, 0.4) is 0 Å². The van der Waals surface area contributed by atoms with Crippen LogP contribution in [0.1, 0.15) is 33.1 Å². The molecule has 5 atom stereocenters. The van der Waals surface area contributed by atoms with Gasteiger partial charge in [-0.05, 0) is 12.3 Å². The number of carbonyl (C=O) groups is 7. The predicted octanol–water partition coefficient (Wildman–Crippen LogP) is -3.74. The van der Waals surface area contributed by atoms with Crippen molar-refractivity contribution in [2.24, 2.45) is 11.7 Å². The molecule has 0 aromatic heterocycles. The van der Waals surface area contributed by atoms with Crippen molar-refractivity contribution in [3.63, 3.8) is 0 Å². The van der Waals surface area contributed by atoms with Crippen LogP contribution < -0.4 is 27.0 Å². The second-order valence-corrected chi connectivity index (χ2v) is 8.62. The van der Waals surface area contributed by atoms with E-state index < -0.39 is 97.1 Å². The van der Waals surface area contributed by atoms with E-state index in [1.165, 1.54) is 13.8 Å². The molecule has 0 aliphatic heterocycles. The number of hydrogen-bond donors (Lipinski definition) is 10. The van der Waals surface area contributed by atoms with Crippen LogP contribution in [0.4, 0.5) is 0 Å². The molecule has 0 bridgehead atoms. The Balaban J connectivity index is 5.50. The third-order valence-electron chi connectivity index (χ3n) is 4.88. The Morgan fingerprint density at radius 1 is 0.757 bits per heavy atom. The van der Waals surface area contributed by atoms with Gasteiger partial charge in [-0.2, -0.15) is 12.6 Å². The Kier molecular flexibility index (Phi) is 14.8. The molecule has 0 fully saturated rings. The summed E-state index contributed by atoms with van der Waals surface area (Å²) in [5.74, 6) is -9.04. The van der Waals surface area contributed by atoms with Gasteiger partial charge in [-0.1, -0.05) is 13.8 Å². The van der Waals surface area contributed by atoms with E-state index in [0.717, 1.165) is 0 Å². The molecule has 16 nitrogen and oxygen atoms in total. The van der Waals surface area contributed by atoms with Crippen LogP contribution in [0.2, 0.25) is 0 Å². The van der Waals surface area contributed by atoms with Gasteiger partial charge in [-0.3, -0.25) is 28.8 Å². The lowest BCUT2D eigenvalue weighted by Crippen LogP contribution is -2.60. The number of carboxylic acid groups (broad SMARTS) is 3. The summed E-state index contributed by atoms with van der Waals surface area (Å²) in [5, 5.41) is 45.0. The topological polar surface area (TPSA) is 275 Å². The van der Waals surface area contributed by atoms with Crippen LogP contribution in [0, 0.1) is 5.92 Å². The van der Waals surface area contributed by atoms with Gasteiger partial charge in [0.25, 0.3) is 0 Å². The van der Waals surface area contributed by atoms with Gasteiger partial charge in [0.2, 0.25) is 23.6 Å². The maximum Gasteiger partial charge on any atom is 0.327 e. The SMILES string of the molecule is CC(C)[C@H](NC(=O)[C@H](CC(=O)O)NC(=O)[C@H](CO)NC(=O)[C@@H](N)CCC(=O)O)C(=O)N[C@@H](CS)C(=O)O. The molecule has 0 radical (unpaired) electrons. The molecule has 0 aromatic rings. The minimum absolute atomic E-state index is 0.244. The second-order valence-electron chi connectivity index (χ2n) is 8.25. The lowest BCUT2D eigenvalue weighted by molar-refractivity contribution is -0.143. The molecule has 0 saturated heterocycles. The molecule has 210 valence electrons. The number of aliphatic carboxylic acids is 3. The lowest BCUT2D eigenvalue weighted by atomic mass is 10.0. The maximum atomic E-state index is 12.8. The molecule has 17 heteroatoms. The number of aliphatic hydroxyl groups is 1. The van der Waals surface area contributed by atoms with Crippen LogP contribution in [0.15, 0.2) is 0 Å². The first-order chi connectivity index (χ1) is 17.1. The molecule has 0 spiro atoms. The normalized spacial score (nSPS) is 14.9. The molecule has 0 heterocycles. The summed E-state index contributed by atoms with van der Waals surface area (Å²) in [7, 11) is 0. The van der Waals surface area contributed by atoms with Crippen molar-refractivity contribution in [2.75, 3.05) is 12.4 Å². The number of thiol groups is 1. The first kappa shape index (κ1) is 33.6. The van der Waals surface area contributed by atoms with Crippen molar-refractivity contribution in [3.8, 4) is 0 Å². The van der Waals surface area contributed by atoms with Gasteiger partial charge in [0.15, 0.2) is 0 Å². The monoisotopic (exact) mass is 551 g/mol. The number of nitrogens with one attached hydrogen (secondary N) is 4. The zero-order chi connectivity index (χ0) is 28.9. The third-order valence-corrected chi connectivity index (χ3v) is 5.24. The highest BCUT2D eigenvalue weighted by molar-refractivity contribution is 7.80. The molecule has 0 unspecified atom stereocenters. The van der Waals surface area contributed by atoms with Crippen molar-refractivity contribution in [1.82, 2.24) is 21.3 Å². The quantitative estimate of drug-likeness (QED) is 0.0781. The summed E-state index contributed by atoms with van der Waals surface area (Å²) < 4.78 is 0. The zero-order valence-electron chi connectivity index (χ0n) is 20.2. The molecule has 0 aliphatic carbocycles. The standard InChI is InChI=1S/C20H33N5O11S/c1-8(2)15(19(34)24-12(7-37)20(35)36)25-17(32)10(5-14(29)30)22-18(33)11(6-26)23-16(31)9(21)3-4-13(27)28/h8-12,15,26,37H,3-7,21H2,1-2H3,(H,22,33)(H,23,31)(H,24,34)(H,25,32)(H,27,28)(H,29,30)(H,35,36)/t9-,10-,11-,12-,15-/m0/s1. The molecule has 0 aromatic carbocycles. The highest BCUT2D eigenvalue weighted by atomic mass is 32.1. The highest BCUT2D eigenvalue weighted by Gasteiger charge is 2.33. The van der Waals surface area contributed by atoms with E-state index in [9.17, 15) is 38.7 Å². The Morgan fingerprint density at radius 2 is 1.27 bits per heavy atom. The third kappa shape index (κ3) is 12.4. The van der Waals surface area contributed by atoms with Gasteiger partial charge >= 0.3 is 17.9 Å². The molecule has 0 aliphatic rings. The van der Waals surface area contributed by atoms with Crippen LogP contribution in [0.25, 0.3) is 0 Å². The minimum atomic E-state index is -1.76. The summed E-state index contributed by atoms with van der Waals surface area (Å²) in [6.45, 7) is 2.08. The summed E-state index contributed by atoms with van der Waals surface area (Å²) >= 11 is 3.83. The largest absolute Gasteiger partial charge is 0.481 e. The molecule has 0 rings (SSSR count). The van der Waals surface area contributed by atoms with E-state index >= 15 is 0 Å². The van der Waals surface area contributed by atoms with Crippen LogP contribution in [-0.4, -0.2) is 105 Å². The Morgan fingerprint density at radius 3 is 1.70 bits per heavy atom. The van der Waals surface area contributed by atoms with Crippen LogP contribution in [-0.2, 0) is 33.6 Å². The van der Waals surface area contributed by atoms with Crippen molar-refractivity contribution in [1.29, 1.82) is 0 Å². The lowest BCUT2D eigenvalue weighted by Gasteiger charge is -2.27. The minimum Gasteiger partial charge on any atom is -0.481 e. The number of hydrogen-bond acceptors (Lipinski definition) is 10. The first-order valence-corrected chi connectivity index (χ1v) is 11.6. The number of nitrogens with two attached hydrogens (primary N) is 1. The van der Waals surface area contributed by atoms with Crippen LogP contribution >= 0.6 is 12.6 Å². The highest BCUT2D eigenvalue weighted by Crippen LogP contribution is 2.06. The van der Waals surface area contributed by atoms with E-state index in [1.807, 2.05) is 0 Å². The molecule has 0 saturated carbocycles. The van der Waals surface area contributed by atoms with Crippen molar-refractivity contribution >= 4 is 54.2 Å². The van der Waals surface area contributed by atoms with Crippen molar-refractivity contribution in [3.05, 3.63) is 0 Å². The van der Waals surface area contributed by atoms with Gasteiger partial charge in [0, 0.05) is 12.2 Å². The summed E-state index contributed by atoms with van der Waals surface area (Å²) in [6, 6.07) is -7.43. The van der Waals surface area contributed by atoms with E-state index in [2.05, 4.69) is 33.9 Å². The summed E-state index contributed by atoms with van der Waals surface area (Å²) in [6.07, 6.45) is -1.64. The Labute approximate surface area is 217 Å². The Hall–Kier alpha value is -3.44. The summed E-state index contributed by atoms with van der Waals surface area (Å²) in [4.78, 5) is 83.0. The van der Waals surface area contributed by atoms with E-state index in [4.69, 9.17) is 21.1 Å². The van der Waals surface area contributed by atoms with Gasteiger partial charge < -0.3 is 47.4 Å². The van der Waals surface area contributed by atoms with Crippen molar-refractivity contribution in [2.45, 2.75) is 63.3 Å². The molecule has 37 heavy (non-hydrogen) atoms. The summed E-state index contributed by atoms with van der Waals surface area (Å²) in [5.41, 5.74) is 5.55. The van der Waals surface area contributed by atoms with Gasteiger partial charge in [0.1, 0.15) is 24.2 Å². The fourth-order valence-electron chi connectivity index (χ4n) is 2.77. The number of rotatable bonds is 17. The van der Waals surface area contributed by atoms with Gasteiger partial charge in [-0.25, -0.2) is 4.79 Å². The van der Waals surface area contributed by atoms with E-state index in [-0.39, 0.29) is 12.2 Å². The second kappa shape index (κ2) is 16.3. The molecular weight excluding hydrogens is 518 g/mol. The number of aliphatic hydroxyl groups excluding tert-OH is 1. The predicted molar refractivity (Wildman–Crippen MR) is 128 cm³/mol. The van der Waals surface area contributed by atoms with E-state index in [0.29, 0.717) is 0 Å². The fourth-order valence-corrected chi connectivity index (χ4v) is 3.02. The number of amides is 4. The van der Waals surface area contributed by atoms with Gasteiger partial charge in [0.05, 0.1) is 19.1 Å². The smallest absolute Gasteiger partial charge is 0.327 e. The van der Waals surface area contributed by atoms with E-state index in [1.54, 1.807) is 0 Å². The molecular formula is C20H33N5O11S. The zero-order valence-corrected chi connectivity index (χ0v) is 21.1. The number of carboxylic acids is 3. The average Bonchev–Trinajstić information content (AvgIpc) is 2.80.